The monoisotopic (exact) mass is 410 g/mol. The minimum atomic E-state index is -2.43. The third kappa shape index (κ3) is 8.86. The minimum absolute atomic E-state index is 0.296. The van der Waals surface area contributed by atoms with E-state index in [0.717, 1.165) is 89.9 Å². The Morgan fingerprint density at radius 2 is 1.15 bits per heavy atom. The number of aliphatic hydroxyl groups is 1. The zero-order chi connectivity index (χ0) is 19.0. The van der Waals surface area contributed by atoms with E-state index in [1.807, 2.05) is 0 Å². The van der Waals surface area contributed by atoms with Crippen LogP contribution in [0.1, 0.15) is 89.9 Å². The minimum Gasteiger partial charge on any atom is -0.750 e. The Bertz CT molecular complexity index is 436. The van der Waals surface area contributed by atoms with Crippen LogP contribution < -0.4 is 0 Å². The maximum absolute atomic E-state index is 10.6. The summed E-state index contributed by atoms with van der Waals surface area (Å²) in [5.41, 5.74) is -0.848. The molecular formula is C17H30O7S2-2. The van der Waals surface area contributed by atoms with Crippen molar-refractivity contribution in [1.29, 1.82) is 0 Å². The molecule has 2 saturated carbocycles. The van der Waals surface area contributed by atoms with Gasteiger partial charge < -0.3 is 14.2 Å². The highest BCUT2D eigenvalue weighted by molar-refractivity contribution is 7.74. The lowest BCUT2D eigenvalue weighted by Gasteiger charge is -2.17. The molecule has 0 amide bonds. The molecule has 26 heavy (non-hydrogen) atoms. The van der Waals surface area contributed by atoms with Crippen molar-refractivity contribution in [1.82, 2.24) is 0 Å². The Labute approximate surface area is 161 Å². The van der Waals surface area contributed by atoms with Crippen molar-refractivity contribution in [3.8, 4) is 0 Å². The average molecular weight is 411 g/mol. The standard InChI is InChI=1S/C17H32O7S2/c18-15(7-3-1-5-9-16(11-12-16)23-25(19)20)8-4-2-6-10-17(13-14-17)24-26(21)22/h15,18H,1-14H2,(H,19,20)(H,21,22)/p-2. The lowest BCUT2D eigenvalue weighted by atomic mass is 10.0. The highest BCUT2D eigenvalue weighted by atomic mass is 32.2. The van der Waals surface area contributed by atoms with Gasteiger partial charge in [-0.3, -0.25) is 8.37 Å². The van der Waals surface area contributed by atoms with Crippen LogP contribution in [-0.2, 0) is 31.1 Å². The Hall–Kier alpha value is 0.1000. The van der Waals surface area contributed by atoms with Crippen LogP contribution in [0.15, 0.2) is 0 Å². The van der Waals surface area contributed by atoms with Gasteiger partial charge in [-0.05, 0) is 51.4 Å². The van der Waals surface area contributed by atoms with E-state index in [1.165, 1.54) is 0 Å². The van der Waals surface area contributed by atoms with E-state index in [4.69, 9.17) is 8.37 Å². The van der Waals surface area contributed by atoms with E-state index < -0.39 is 33.9 Å². The zero-order valence-electron chi connectivity index (χ0n) is 15.2. The summed E-state index contributed by atoms with van der Waals surface area (Å²) in [4.78, 5) is 0. The van der Waals surface area contributed by atoms with Crippen LogP contribution in [-0.4, -0.2) is 39.9 Å². The summed E-state index contributed by atoms with van der Waals surface area (Å²) >= 11 is -4.85. The highest BCUT2D eigenvalue weighted by Crippen LogP contribution is 2.45. The fourth-order valence-corrected chi connectivity index (χ4v) is 4.55. The fourth-order valence-electron chi connectivity index (χ4n) is 3.47. The second kappa shape index (κ2) is 10.6. The molecule has 0 saturated heterocycles. The number of hydrogen-bond donors (Lipinski definition) is 1. The van der Waals surface area contributed by atoms with Gasteiger partial charge >= 0.3 is 0 Å². The van der Waals surface area contributed by atoms with Crippen molar-refractivity contribution in [2.75, 3.05) is 0 Å². The Kier molecular flexibility index (Phi) is 9.12. The molecule has 1 N–H and O–H groups in total. The van der Waals surface area contributed by atoms with E-state index in [2.05, 4.69) is 0 Å². The molecule has 2 atom stereocenters. The van der Waals surface area contributed by atoms with Gasteiger partial charge in [-0.25, -0.2) is 8.42 Å². The van der Waals surface area contributed by atoms with Gasteiger partial charge in [-0.15, -0.1) is 0 Å². The van der Waals surface area contributed by atoms with Gasteiger partial charge in [0.1, 0.15) is 0 Å². The van der Waals surface area contributed by atoms with Crippen LogP contribution in [0.4, 0.5) is 0 Å². The summed E-state index contributed by atoms with van der Waals surface area (Å²) in [6.07, 6.45) is 11.7. The first kappa shape index (κ1) is 22.4. The molecule has 0 aromatic rings. The summed E-state index contributed by atoms with van der Waals surface area (Å²) in [7, 11) is 0. The molecule has 0 aromatic carbocycles. The van der Waals surface area contributed by atoms with Crippen molar-refractivity contribution in [2.24, 2.45) is 0 Å². The molecule has 2 aliphatic carbocycles. The quantitative estimate of drug-likeness (QED) is 0.307. The Balaban J connectivity index is 1.40. The SMILES string of the molecule is O=S([O-])OC1(CCCCCC(O)CCCCCC2(OS(=O)[O-])CC2)CC1. The average Bonchev–Trinajstić information content (AvgIpc) is 3.45. The lowest BCUT2D eigenvalue weighted by molar-refractivity contribution is 0.142. The van der Waals surface area contributed by atoms with Crippen molar-refractivity contribution >= 4 is 22.7 Å². The summed E-state index contributed by atoms with van der Waals surface area (Å²) in [5, 5.41) is 10.0. The van der Waals surface area contributed by atoms with Crippen molar-refractivity contribution in [2.45, 2.75) is 107 Å². The summed E-state index contributed by atoms with van der Waals surface area (Å²) in [6.45, 7) is 0. The highest BCUT2D eigenvalue weighted by Gasteiger charge is 2.44. The number of rotatable bonds is 16. The van der Waals surface area contributed by atoms with E-state index >= 15 is 0 Å². The zero-order valence-corrected chi connectivity index (χ0v) is 16.8. The molecule has 2 aliphatic rings. The molecule has 2 unspecified atom stereocenters. The van der Waals surface area contributed by atoms with E-state index in [1.54, 1.807) is 0 Å². The summed E-state index contributed by atoms with van der Waals surface area (Å²) in [6, 6.07) is 0. The predicted molar refractivity (Wildman–Crippen MR) is 96.1 cm³/mol. The van der Waals surface area contributed by atoms with Gasteiger partial charge in [0.25, 0.3) is 0 Å². The first-order chi connectivity index (χ1) is 12.3. The number of aliphatic hydroxyl groups excluding tert-OH is 1. The number of hydrogen-bond acceptors (Lipinski definition) is 7. The van der Waals surface area contributed by atoms with Gasteiger partial charge in [0.2, 0.25) is 0 Å². The molecule has 0 aromatic heterocycles. The van der Waals surface area contributed by atoms with E-state index in [-0.39, 0.29) is 6.10 Å². The third-order valence-electron chi connectivity index (χ3n) is 5.44. The van der Waals surface area contributed by atoms with Gasteiger partial charge in [0.05, 0.1) is 40.0 Å². The van der Waals surface area contributed by atoms with Crippen LogP contribution in [0.2, 0.25) is 0 Å². The van der Waals surface area contributed by atoms with Crippen molar-refractivity contribution < 1.29 is 31.0 Å². The summed E-state index contributed by atoms with van der Waals surface area (Å²) < 4.78 is 52.2. The largest absolute Gasteiger partial charge is 0.750 e. The maximum Gasteiger partial charge on any atom is 0.0847 e. The lowest BCUT2D eigenvalue weighted by Crippen LogP contribution is -2.15. The predicted octanol–water partition coefficient (Wildman–Crippen LogP) is 2.93. The van der Waals surface area contributed by atoms with Gasteiger partial charge in [-0.1, -0.05) is 38.5 Å². The molecule has 9 heteroatoms. The molecule has 2 rings (SSSR count). The van der Waals surface area contributed by atoms with Gasteiger partial charge in [0, 0.05) is 0 Å². The molecule has 0 bridgehead atoms. The Morgan fingerprint density at radius 1 is 0.769 bits per heavy atom. The van der Waals surface area contributed by atoms with E-state index in [0.29, 0.717) is 0 Å². The van der Waals surface area contributed by atoms with Crippen molar-refractivity contribution in [3.05, 3.63) is 0 Å². The summed E-state index contributed by atoms with van der Waals surface area (Å²) in [5.74, 6) is 0. The van der Waals surface area contributed by atoms with E-state index in [9.17, 15) is 22.6 Å². The normalized spacial score (nSPS) is 23.3. The van der Waals surface area contributed by atoms with Crippen LogP contribution >= 0.6 is 0 Å². The fraction of sp³-hybridized carbons (Fsp3) is 1.00. The van der Waals surface area contributed by atoms with Crippen LogP contribution in [0, 0.1) is 0 Å². The first-order valence-corrected chi connectivity index (χ1v) is 11.6. The van der Waals surface area contributed by atoms with Crippen LogP contribution in [0.5, 0.6) is 0 Å². The maximum atomic E-state index is 10.6. The molecular weight excluding hydrogens is 380 g/mol. The van der Waals surface area contributed by atoms with Gasteiger partial charge in [-0.2, -0.15) is 0 Å². The second-order valence-corrected chi connectivity index (χ2v) is 8.94. The van der Waals surface area contributed by atoms with Crippen LogP contribution in [0.3, 0.4) is 0 Å². The smallest absolute Gasteiger partial charge is 0.0847 e. The topological polar surface area (TPSA) is 119 Å². The first-order valence-electron chi connectivity index (χ1n) is 9.60. The Morgan fingerprint density at radius 3 is 1.46 bits per heavy atom. The number of unbranched alkanes of at least 4 members (excludes halogenated alkanes) is 4. The van der Waals surface area contributed by atoms with Crippen LogP contribution in [0.25, 0.3) is 0 Å². The molecule has 0 radical (unpaired) electrons. The van der Waals surface area contributed by atoms with Gasteiger partial charge in [0.15, 0.2) is 0 Å². The molecule has 2 fully saturated rings. The second-order valence-electron chi connectivity index (χ2n) is 7.79. The van der Waals surface area contributed by atoms with Crippen molar-refractivity contribution in [3.63, 3.8) is 0 Å². The molecule has 154 valence electrons. The third-order valence-corrected chi connectivity index (χ3v) is 6.42. The molecule has 0 spiro atoms. The molecule has 0 aliphatic heterocycles. The molecule has 7 nitrogen and oxygen atoms in total. The molecule has 0 heterocycles.